The minimum absolute atomic E-state index is 0.0545. The van der Waals surface area contributed by atoms with Crippen LogP contribution < -0.4 is 5.73 Å². The second kappa shape index (κ2) is 6.93. The smallest absolute Gasteiger partial charge is 0.338 e. The summed E-state index contributed by atoms with van der Waals surface area (Å²) in [5, 5.41) is 9.30. The number of phenolic OH excluding ortho intramolecular Hbond substituents is 1. The summed E-state index contributed by atoms with van der Waals surface area (Å²) in [6.07, 6.45) is 1.36. The lowest BCUT2D eigenvalue weighted by atomic mass is 9.97. The maximum Gasteiger partial charge on any atom is 0.338 e. The number of piperidine rings is 1. The molecule has 1 fully saturated rings. The number of amides is 2. The van der Waals surface area contributed by atoms with Gasteiger partial charge in [0.25, 0.3) is 5.91 Å². The fraction of sp³-hybridized carbons (Fsp3) is 0.400. The number of benzene rings is 1. The van der Waals surface area contributed by atoms with Crippen LogP contribution in [0.25, 0.3) is 0 Å². The molecule has 0 spiro atoms. The topological polar surface area (TPSA) is 110 Å². The van der Waals surface area contributed by atoms with E-state index in [9.17, 15) is 19.5 Å². The largest absolute Gasteiger partial charge is 0.508 e. The van der Waals surface area contributed by atoms with Crippen molar-refractivity contribution >= 4 is 17.8 Å². The van der Waals surface area contributed by atoms with Gasteiger partial charge >= 0.3 is 5.97 Å². The molecule has 1 aliphatic heterocycles. The summed E-state index contributed by atoms with van der Waals surface area (Å²) < 4.78 is 4.94. The van der Waals surface area contributed by atoms with Crippen molar-refractivity contribution in [1.29, 1.82) is 0 Å². The first-order valence-electron chi connectivity index (χ1n) is 7.00. The SMILES string of the molecule is NC(=O)[C@@H]1CCCN(C(=O)COC(=O)c2cccc(O)c2)C1. The molecular formula is C15H18N2O5. The van der Waals surface area contributed by atoms with Gasteiger partial charge in [-0.15, -0.1) is 0 Å². The number of hydrogen-bond acceptors (Lipinski definition) is 5. The Morgan fingerprint density at radius 3 is 2.82 bits per heavy atom. The van der Waals surface area contributed by atoms with Crippen LogP contribution in [0.1, 0.15) is 23.2 Å². The molecule has 0 bridgehead atoms. The number of carbonyl (C=O) groups is 3. The lowest BCUT2D eigenvalue weighted by Crippen LogP contribution is -2.45. The average molecular weight is 306 g/mol. The van der Waals surface area contributed by atoms with Crippen molar-refractivity contribution in [2.24, 2.45) is 11.7 Å². The van der Waals surface area contributed by atoms with Gasteiger partial charge in [-0.25, -0.2) is 4.79 Å². The van der Waals surface area contributed by atoms with Crippen LogP contribution in [-0.4, -0.2) is 47.5 Å². The summed E-state index contributed by atoms with van der Waals surface area (Å²) >= 11 is 0. The van der Waals surface area contributed by atoms with Crippen molar-refractivity contribution in [2.75, 3.05) is 19.7 Å². The molecule has 1 saturated heterocycles. The van der Waals surface area contributed by atoms with Crippen LogP contribution >= 0.6 is 0 Å². The van der Waals surface area contributed by atoms with E-state index in [-0.39, 0.29) is 29.7 Å². The summed E-state index contributed by atoms with van der Waals surface area (Å²) in [4.78, 5) is 36.5. The number of esters is 1. The molecule has 1 atom stereocenters. The highest BCUT2D eigenvalue weighted by molar-refractivity contribution is 5.91. The number of aromatic hydroxyl groups is 1. The lowest BCUT2D eigenvalue weighted by Gasteiger charge is -2.31. The molecule has 7 nitrogen and oxygen atoms in total. The zero-order chi connectivity index (χ0) is 16.1. The predicted octanol–water partition coefficient (Wildman–Crippen LogP) is 0.273. The molecule has 0 unspecified atom stereocenters. The van der Waals surface area contributed by atoms with Crippen LogP contribution in [-0.2, 0) is 14.3 Å². The maximum absolute atomic E-state index is 12.0. The van der Waals surface area contributed by atoms with Crippen LogP contribution in [0.3, 0.4) is 0 Å². The Labute approximate surface area is 127 Å². The summed E-state index contributed by atoms with van der Waals surface area (Å²) in [7, 11) is 0. The van der Waals surface area contributed by atoms with E-state index < -0.39 is 18.5 Å². The molecule has 0 radical (unpaired) electrons. The van der Waals surface area contributed by atoms with Crippen LogP contribution in [0.5, 0.6) is 5.75 Å². The molecule has 0 saturated carbocycles. The monoisotopic (exact) mass is 306 g/mol. The highest BCUT2D eigenvalue weighted by atomic mass is 16.5. The van der Waals surface area contributed by atoms with Crippen molar-refractivity contribution in [3.05, 3.63) is 29.8 Å². The minimum Gasteiger partial charge on any atom is -0.508 e. The van der Waals surface area contributed by atoms with E-state index >= 15 is 0 Å². The van der Waals surface area contributed by atoms with Crippen molar-refractivity contribution < 1.29 is 24.2 Å². The highest BCUT2D eigenvalue weighted by Gasteiger charge is 2.27. The third-order valence-corrected chi connectivity index (χ3v) is 3.59. The number of carbonyl (C=O) groups excluding carboxylic acids is 3. The Bertz CT molecular complexity index is 587. The Balaban J connectivity index is 1.87. The summed E-state index contributed by atoms with van der Waals surface area (Å²) in [5.41, 5.74) is 5.42. The molecule has 2 rings (SSSR count). The minimum atomic E-state index is -0.687. The molecule has 1 aliphatic rings. The second-order valence-electron chi connectivity index (χ2n) is 5.21. The third kappa shape index (κ3) is 3.97. The van der Waals surface area contributed by atoms with Gasteiger partial charge in [0.2, 0.25) is 5.91 Å². The third-order valence-electron chi connectivity index (χ3n) is 3.59. The summed E-state index contributed by atoms with van der Waals surface area (Å²) in [5.74, 6) is -1.87. The Morgan fingerprint density at radius 2 is 2.14 bits per heavy atom. The summed E-state index contributed by atoms with van der Waals surface area (Å²) in [6.45, 7) is 0.379. The average Bonchev–Trinajstić information content (AvgIpc) is 2.52. The van der Waals surface area contributed by atoms with Gasteiger partial charge in [-0.3, -0.25) is 9.59 Å². The molecule has 1 heterocycles. The molecule has 0 aromatic heterocycles. The standard InChI is InChI=1S/C15H18N2O5/c16-14(20)11-4-2-6-17(8-11)13(19)9-22-15(21)10-3-1-5-12(18)7-10/h1,3,5,7,11,18H,2,4,6,8-9H2,(H2,16,20)/t11-/m1/s1. The maximum atomic E-state index is 12.0. The van der Waals surface area contributed by atoms with Crippen molar-refractivity contribution in [1.82, 2.24) is 4.90 Å². The zero-order valence-corrected chi connectivity index (χ0v) is 12.0. The number of likely N-dealkylation sites (tertiary alicyclic amines) is 1. The Morgan fingerprint density at radius 1 is 1.36 bits per heavy atom. The van der Waals surface area contributed by atoms with Crippen LogP contribution in [0.15, 0.2) is 24.3 Å². The second-order valence-corrected chi connectivity index (χ2v) is 5.21. The first kappa shape index (κ1) is 15.8. The Kier molecular flexibility index (Phi) is 4.98. The highest BCUT2D eigenvalue weighted by Crippen LogP contribution is 2.16. The van der Waals surface area contributed by atoms with E-state index in [4.69, 9.17) is 10.5 Å². The molecule has 3 N–H and O–H groups in total. The number of phenols is 1. The van der Waals surface area contributed by atoms with Gasteiger partial charge in [0.05, 0.1) is 11.5 Å². The van der Waals surface area contributed by atoms with Gasteiger partial charge in [0, 0.05) is 13.1 Å². The van der Waals surface area contributed by atoms with E-state index in [0.29, 0.717) is 19.4 Å². The van der Waals surface area contributed by atoms with Gasteiger partial charge in [-0.2, -0.15) is 0 Å². The molecule has 1 aromatic carbocycles. The van der Waals surface area contributed by atoms with E-state index in [1.165, 1.54) is 29.2 Å². The van der Waals surface area contributed by atoms with Gasteiger partial charge in [-0.1, -0.05) is 6.07 Å². The first-order valence-corrected chi connectivity index (χ1v) is 7.00. The molecular weight excluding hydrogens is 288 g/mol. The zero-order valence-electron chi connectivity index (χ0n) is 12.0. The number of ether oxygens (including phenoxy) is 1. The molecule has 118 valence electrons. The van der Waals surface area contributed by atoms with E-state index in [2.05, 4.69) is 0 Å². The van der Waals surface area contributed by atoms with Crippen LogP contribution in [0.4, 0.5) is 0 Å². The number of hydrogen-bond donors (Lipinski definition) is 2. The Hall–Kier alpha value is -2.57. The van der Waals surface area contributed by atoms with Crippen molar-refractivity contribution in [3.63, 3.8) is 0 Å². The van der Waals surface area contributed by atoms with Gasteiger partial charge in [0.1, 0.15) is 5.75 Å². The van der Waals surface area contributed by atoms with E-state index in [1.807, 2.05) is 0 Å². The van der Waals surface area contributed by atoms with E-state index in [0.717, 1.165) is 0 Å². The molecule has 22 heavy (non-hydrogen) atoms. The first-order chi connectivity index (χ1) is 10.5. The fourth-order valence-corrected chi connectivity index (χ4v) is 2.37. The summed E-state index contributed by atoms with van der Waals surface area (Å²) in [6, 6.07) is 5.68. The van der Waals surface area contributed by atoms with Crippen LogP contribution in [0.2, 0.25) is 0 Å². The molecule has 2 amide bonds. The molecule has 7 heteroatoms. The lowest BCUT2D eigenvalue weighted by molar-refractivity contribution is -0.137. The molecule has 1 aromatic rings. The number of rotatable bonds is 4. The van der Waals surface area contributed by atoms with E-state index in [1.54, 1.807) is 0 Å². The van der Waals surface area contributed by atoms with Gasteiger partial charge < -0.3 is 20.5 Å². The van der Waals surface area contributed by atoms with Crippen molar-refractivity contribution in [2.45, 2.75) is 12.8 Å². The predicted molar refractivity (Wildman–Crippen MR) is 76.9 cm³/mol. The van der Waals surface area contributed by atoms with Gasteiger partial charge in [-0.05, 0) is 31.0 Å². The fourth-order valence-electron chi connectivity index (χ4n) is 2.37. The number of primary amides is 1. The number of nitrogens with two attached hydrogens (primary N) is 1. The molecule has 0 aliphatic carbocycles. The number of nitrogens with zero attached hydrogens (tertiary/aromatic N) is 1. The quantitative estimate of drug-likeness (QED) is 0.776. The van der Waals surface area contributed by atoms with Crippen molar-refractivity contribution in [3.8, 4) is 5.75 Å². The van der Waals surface area contributed by atoms with Crippen LogP contribution in [0, 0.1) is 5.92 Å². The normalized spacial score (nSPS) is 17.8. The van der Waals surface area contributed by atoms with Gasteiger partial charge in [0.15, 0.2) is 6.61 Å².